The average Bonchev–Trinajstić information content (AvgIpc) is 3.41. The van der Waals surface area contributed by atoms with E-state index in [4.69, 9.17) is 14.2 Å². The van der Waals surface area contributed by atoms with Gasteiger partial charge >= 0.3 is 17.9 Å². The molecule has 6 heteroatoms. The molecule has 0 saturated carbocycles. The van der Waals surface area contributed by atoms with E-state index in [1.807, 2.05) is 0 Å². The molecule has 0 rings (SSSR count). The maximum Gasteiger partial charge on any atom is 0.306 e. The van der Waals surface area contributed by atoms with Gasteiger partial charge in [-0.25, -0.2) is 0 Å². The van der Waals surface area contributed by atoms with E-state index >= 15 is 0 Å². The van der Waals surface area contributed by atoms with Crippen LogP contribution >= 0.6 is 0 Å². The maximum absolute atomic E-state index is 12.9. The molecule has 0 heterocycles. The highest BCUT2D eigenvalue weighted by Crippen LogP contribution is 2.16. The Morgan fingerprint density at radius 3 is 0.813 bits per heavy atom. The van der Waals surface area contributed by atoms with Gasteiger partial charge in [0.15, 0.2) is 6.10 Å². The van der Waals surface area contributed by atoms with Crippen molar-refractivity contribution in [2.24, 2.45) is 0 Å². The number of allylic oxidation sites excluding steroid dienone is 12. The maximum atomic E-state index is 12.9. The fourth-order valence-corrected chi connectivity index (χ4v) is 9.25. The Hall–Kier alpha value is -3.15. The van der Waals surface area contributed by atoms with Gasteiger partial charge in [0, 0.05) is 19.3 Å². The zero-order valence-corrected chi connectivity index (χ0v) is 49.8. The van der Waals surface area contributed by atoms with Crippen LogP contribution in [-0.4, -0.2) is 37.2 Å². The minimum Gasteiger partial charge on any atom is -0.462 e. The molecule has 75 heavy (non-hydrogen) atoms. The van der Waals surface area contributed by atoms with Crippen LogP contribution in [-0.2, 0) is 28.6 Å². The van der Waals surface area contributed by atoms with Gasteiger partial charge in [-0.15, -0.1) is 0 Å². The van der Waals surface area contributed by atoms with Crippen LogP contribution in [0.15, 0.2) is 72.9 Å². The summed E-state index contributed by atoms with van der Waals surface area (Å²) < 4.78 is 16.9. The van der Waals surface area contributed by atoms with Crippen LogP contribution in [0.5, 0.6) is 0 Å². The fourth-order valence-electron chi connectivity index (χ4n) is 9.25. The summed E-state index contributed by atoms with van der Waals surface area (Å²) in [5.74, 6) is -0.889. The summed E-state index contributed by atoms with van der Waals surface area (Å²) >= 11 is 0. The van der Waals surface area contributed by atoms with Crippen LogP contribution in [0.25, 0.3) is 0 Å². The van der Waals surface area contributed by atoms with Gasteiger partial charge < -0.3 is 14.2 Å². The molecule has 6 nitrogen and oxygen atoms in total. The molecule has 0 aliphatic carbocycles. The van der Waals surface area contributed by atoms with Crippen molar-refractivity contribution in [3.8, 4) is 0 Å². The number of hydrogen-bond acceptors (Lipinski definition) is 6. The predicted octanol–water partition coefficient (Wildman–Crippen LogP) is 22.1. The van der Waals surface area contributed by atoms with Gasteiger partial charge in [-0.1, -0.05) is 273 Å². The van der Waals surface area contributed by atoms with E-state index in [9.17, 15) is 14.4 Å². The molecule has 0 saturated heterocycles. The minimum atomic E-state index is -0.785. The van der Waals surface area contributed by atoms with Crippen molar-refractivity contribution in [1.82, 2.24) is 0 Å². The molecule has 0 amide bonds. The molecule has 1 atom stereocenters. The molecule has 0 aromatic heterocycles. The zero-order valence-electron chi connectivity index (χ0n) is 49.8. The van der Waals surface area contributed by atoms with Gasteiger partial charge in [0.05, 0.1) is 0 Å². The fraction of sp³-hybridized carbons (Fsp3) is 0.783. The first-order valence-electron chi connectivity index (χ1n) is 32.4. The number of rotatable bonds is 59. The van der Waals surface area contributed by atoms with Crippen LogP contribution in [0.1, 0.15) is 329 Å². The van der Waals surface area contributed by atoms with E-state index in [2.05, 4.69) is 93.7 Å². The Labute approximate surface area is 465 Å². The zero-order chi connectivity index (χ0) is 54.3. The normalized spacial score (nSPS) is 12.5. The lowest BCUT2D eigenvalue weighted by Gasteiger charge is -2.18. The smallest absolute Gasteiger partial charge is 0.306 e. The third-order valence-corrected chi connectivity index (χ3v) is 14.1. The van der Waals surface area contributed by atoms with Gasteiger partial charge in [0.25, 0.3) is 0 Å². The summed E-state index contributed by atoms with van der Waals surface area (Å²) in [7, 11) is 0. The molecule has 0 fully saturated rings. The highest BCUT2D eigenvalue weighted by Gasteiger charge is 2.19. The number of carbonyl (C=O) groups excluding carboxylic acids is 3. The second-order valence-corrected chi connectivity index (χ2v) is 21.7. The Bertz CT molecular complexity index is 1390. The molecular weight excluding hydrogens is 925 g/mol. The SMILES string of the molecule is CCC/C=C\C/C=C\CCCCCCCC(=O)OCC(COC(=O)CCCCCCCCCCCCCC/C=C\C/C=C\C/C=C\CCCCCCC)OC(=O)CCCCCCCCC/C=C\CCCCCCCC. The van der Waals surface area contributed by atoms with Crippen LogP contribution in [0.4, 0.5) is 0 Å². The highest BCUT2D eigenvalue weighted by atomic mass is 16.6. The van der Waals surface area contributed by atoms with Crippen LogP contribution < -0.4 is 0 Å². The lowest BCUT2D eigenvalue weighted by Crippen LogP contribution is -2.30. The molecule has 0 spiro atoms. The Morgan fingerprint density at radius 2 is 0.507 bits per heavy atom. The minimum absolute atomic E-state index is 0.0811. The van der Waals surface area contributed by atoms with Crippen molar-refractivity contribution in [2.45, 2.75) is 335 Å². The number of unbranched alkanes of at least 4 members (excludes halogenated alkanes) is 36. The number of hydrogen-bond donors (Lipinski definition) is 0. The van der Waals surface area contributed by atoms with Crippen molar-refractivity contribution < 1.29 is 28.6 Å². The summed E-state index contributed by atoms with van der Waals surface area (Å²) in [6.07, 6.45) is 82.0. The highest BCUT2D eigenvalue weighted by molar-refractivity contribution is 5.71. The molecule has 0 aromatic carbocycles. The predicted molar refractivity (Wildman–Crippen MR) is 325 cm³/mol. The van der Waals surface area contributed by atoms with E-state index in [0.717, 1.165) is 96.3 Å². The van der Waals surface area contributed by atoms with E-state index in [1.165, 1.54) is 193 Å². The third-order valence-electron chi connectivity index (χ3n) is 14.1. The van der Waals surface area contributed by atoms with E-state index in [1.54, 1.807) is 0 Å². The summed E-state index contributed by atoms with van der Waals surface area (Å²) in [6, 6.07) is 0. The van der Waals surface area contributed by atoms with E-state index < -0.39 is 6.10 Å². The first kappa shape index (κ1) is 71.8. The molecule has 0 N–H and O–H groups in total. The third kappa shape index (κ3) is 61.6. The monoisotopic (exact) mass is 1050 g/mol. The van der Waals surface area contributed by atoms with Gasteiger partial charge in [-0.2, -0.15) is 0 Å². The van der Waals surface area contributed by atoms with Crippen molar-refractivity contribution in [3.63, 3.8) is 0 Å². The van der Waals surface area contributed by atoms with Crippen LogP contribution in [0.2, 0.25) is 0 Å². The number of carbonyl (C=O) groups is 3. The number of ether oxygens (including phenoxy) is 3. The Kier molecular flexibility index (Phi) is 60.7. The second-order valence-electron chi connectivity index (χ2n) is 21.7. The van der Waals surface area contributed by atoms with Gasteiger partial charge in [-0.3, -0.25) is 14.4 Å². The van der Waals surface area contributed by atoms with E-state index in [0.29, 0.717) is 19.3 Å². The molecule has 434 valence electrons. The molecule has 0 bridgehead atoms. The van der Waals surface area contributed by atoms with Gasteiger partial charge in [-0.05, 0) is 109 Å². The van der Waals surface area contributed by atoms with Crippen molar-refractivity contribution >= 4 is 17.9 Å². The molecule has 0 radical (unpaired) electrons. The largest absolute Gasteiger partial charge is 0.462 e. The summed E-state index contributed by atoms with van der Waals surface area (Å²) in [5.41, 5.74) is 0. The molecule has 0 aliphatic heterocycles. The van der Waals surface area contributed by atoms with Crippen molar-refractivity contribution in [1.29, 1.82) is 0 Å². The Balaban J connectivity index is 4.27. The summed E-state index contributed by atoms with van der Waals surface area (Å²) in [5, 5.41) is 0. The summed E-state index contributed by atoms with van der Waals surface area (Å²) in [4.78, 5) is 38.3. The first-order valence-corrected chi connectivity index (χ1v) is 32.4. The molecule has 0 aromatic rings. The molecule has 1 unspecified atom stereocenters. The van der Waals surface area contributed by atoms with Crippen molar-refractivity contribution in [2.75, 3.05) is 13.2 Å². The van der Waals surface area contributed by atoms with Gasteiger partial charge in [0.2, 0.25) is 0 Å². The molecule has 0 aliphatic rings. The van der Waals surface area contributed by atoms with Gasteiger partial charge in [0.1, 0.15) is 13.2 Å². The first-order chi connectivity index (χ1) is 37.0. The van der Waals surface area contributed by atoms with Crippen LogP contribution in [0, 0.1) is 0 Å². The standard InChI is InChI=1S/C69H122O6/c1-4-7-10-13-16-19-22-25-27-29-30-31-32-33-34-35-36-37-38-40-41-44-47-50-53-56-59-62-68(71)74-65-66(64-73-67(70)61-58-55-52-49-46-43-24-21-18-15-12-9-6-3)75-69(72)63-60-57-54-51-48-45-42-39-28-26-23-20-17-14-11-8-5-2/h12,15,21-22,24-26,28-30,32-33,66H,4-11,13-14,16-20,23,27,31,34-65H2,1-3H3/b15-12-,24-21-,25-22-,28-26-,30-29-,33-32-. The number of esters is 3. The Morgan fingerprint density at radius 1 is 0.267 bits per heavy atom. The topological polar surface area (TPSA) is 78.9 Å². The van der Waals surface area contributed by atoms with Crippen LogP contribution in [0.3, 0.4) is 0 Å². The quantitative estimate of drug-likeness (QED) is 0.0261. The second kappa shape index (κ2) is 63.4. The molecular formula is C69H122O6. The van der Waals surface area contributed by atoms with E-state index in [-0.39, 0.29) is 31.1 Å². The average molecular weight is 1050 g/mol. The van der Waals surface area contributed by atoms with Crippen molar-refractivity contribution in [3.05, 3.63) is 72.9 Å². The summed E-state index contributed by atoms with van der Waals surface area (Å²) in [6.45, 7) is 6.58. The lowest BCUT2D eigenvalue weighted by atomic mass is 10.0. The lowest BCUT2D eigenvalue weighted by molar-refractivity contribution is -0.167.